The Hall–Kier alpha value is -1.47. The molecule has 7 nitrogen and oxygen atoms in total. The van der Waals surface area contributed by atoms with Crippen LogP contribution in [0.25, 0.3) is 0 Å². The highest BCUT2D eigenvalue weighted by Crippen LogP contribution is 2.62. The van der Waals surface area contributed by atoms with Crippen molar-refractivity contribution in [2.24, 2.45) is 34.5 Å². The highest BCUT2D eigenvalue weighted by Gasteiger charge is 2.65. The van der Waals surface area contributed by atoms with Gasteiger partial charge in [0.25, 0.3) is 0 Å². The normalized spacial score (nSPS) is 43.4. The van der Waals surface area contributed by atoms with Crippen LogP contribution >= 0.6 is 0 Å². The first-order valence-corrected chi connectivity index (χ1v) is 10.2. The van der Waals surface area contributed by atoms with E-state index in [0.717, 1.165) is 12.8 Å². The standard InChI is InChI=1S/C21H32O7/c1-20(7-4-12-6-9-28-11-12)13(18(24)25)5-8-21(2)14(19(26)27-3)10-15(22)16(23)17(20)21/h12-15,17,22H,4-11H2,1-3H3,(H,24,25)/t12?,13-,14-,15-,17?,20-,21-/m0/s1. The monoisotopic (exact) mass is 396 g/mol. The van der Waals surface area contributed by atoms with Gasteiger partial charge in [0.05, 0.1) is 18.9 Å². The quantitative estimate of drug-likeness (QED) is 0.684. The van der Waals surface area contributed by atoms with Gasteiger partial charge in [0.1, 0.15) is 6.10 Å². The van der Waals surface area contributed by atoms with Crippen LogP contribution in [0.1, 0.15) is 52.4 Å². The van der Waals surface area contributed by atoms with Crippen LogP contribution in [0.4, 0.5) is 0 Å². The number of hydrogen-bond acceptors (Lipinski definition) is 6. The molecule has 3 aliphatic rings. The third kappa shape index (κ3) is 3.36. The molecule has 1 heterocycles. The lowest BCUT2D eigenvalue weighted by molar-refractivity contribution is -0.188. The van der Waals surface area contributed by atoms with E-state index < -0.39 is 46.6 Å². The third-order valence-corrected chi connectivity index (χ3v) is 7.85. The molecule has 0 radical (unpaired) electrons. The van der Waals surface area contributed by atoms with Crippen LogP contribution in [0.2, 0.25) is 0 Å². The summed E-state index contributed by atoms with van der Waals surface area (Å²) in [7, 11) is 1.31. The summed E-state index contributed by atoms with van der Waals surface area (Å²) in [5.41, 5.74) is -1.54. The predicted molar refractivity (Wildman–Crippen MR) is 99.4 cm³/mol. The van der Waals surface area contributed by atoms with E-state index in [2.05, 4.69) is 0 Å². The number of rotatable bonds is 5. The Kier molecular flexibility index (Phi) is 5.88. The number of methoxy groups -OCH3 is 1. The molecule has 0 aromatic heterocycles. The van der Waals surface area contributed by atoms with Gasteiger partial charge in [-0.05, 0) is 55.3 Å². The van der Waals surface area contributed by atoms with Gasteiger partial charge in [0.2, 0.25) is 0 Å². The number of carbonyl (C=O) groups excluding carboxylic acids is 2. The van der Waals surface area contributed by atoms with Crippen molar-refractivity contribution in [2.75, 3.05) is 20.3 Å². The molecule has 3 rings (SSSR count). The Morgan fingerprint density at radius 2 is 1.96 bits per heavy atom. The van der Waals surface area contributed by atoms with Crippen molar-refractivity contribution >= 4 is 17.7 Å². The predicted octanol–water partition coefficient (Wildman–Crippen LogP) is 2.05. The minimum atomic E-state index is -1.26. The lowest BCUT2D eigenvalue weighted by Gasteiger charge is -2.59. The molecule has 0 bridgehead atoms. The van der Waals surface area contributed by atoms with Gasteiger partial charge in [-0.15, -0.1) is 0 Å². The van der Waals surface area contributed by atoms with Crippen LogP contribution < -0.4 is 0 Å². The van der Waals surface area contributed by atoms with Crippen LogP contribution in [0.3, 0.4) is 0 Å². The van der Waals surface area contributed by atoms with Gasteiger partial charge in [-0.25, -0.2) is 0 Å². The Balaban J connectivity index is 2.00. The largest absolute Gasteiger partial charge is 0.481 e. The molecule has 3 fully saturated rings. The summed E-state index contributed by atoms with van der Waals surface area (Å²) in [6, 6.07) is 0. The van der Waals surface area contributed by atoms with E-state index in [1.807, 2.05) is 13.8 Å². The zero-order valence-electron chi connectivity index (χ0n) is 17.0. The molecule has 2 unspecified atom stereocenters. The molecular formula is C21H32O7. The van der Waals surface area contributed by atoms with Crippen LogP contribution in [-0.4, -0.2) is 54.4 Å². The molecule has 0 amide bonds. The smallest absolute Gasteiger partial charge is 0.309 e. The number of carboxylic acids is 1. The topological polar surface area (TPSA) is 110 Å². The Bertz CT molecular complexity index is 641. The first-order chi connectivity index (χ1) is 13.1. The van der Waals surface area contributed by atoms with Crippen LogP contribution in [0.5, 0.6) is 0 Å². The number of aliphatic hydroxyl groups is 1. The van der Waals surface area contributed by atoms with E-state index in [1.54, 1.807) is 0 Å². The van der Waals surface area contributed by atoms with Crippen molar-refractivity contribution in [1.82, 2.24) is 0 Å². The summed E-state index contributed by atoms with van der Waals surface area (Å²) < 4.78 is 10.4. The fraction of sp³-hybridized carbons (Fsp3) is 0.857. The van der Waals surface area contributed by atoms with E-state index in [1.165, 1.54) is 7.11 Å². The summed E-state index contributed by atoms with van der Waals surface area (Å²) in [4.78, 5) is 37.8. The zero-order chi connectivity index (χ0) is 20.7. The average molecular weight is 396 g/mol. The Morgan fingerprint density at radius 3 is 2.54 bits per heavy atom. The van der Waals surface area contributed by atoms with Crippen LogP contribution in [-0.2, 0) is 23.9 Å². The molecule has 1 saturated heterocycles. The van der Waals surface area contributed by atoms with Crippen LogP contribution in [0, 0.1) is 34.5 Å². The minimum absolute atomic E-state index is 0.0444. The molecule has 0 aromatic carbocycles. The first-order valence-electron chi connectivity index (χ1n) is 10.2. The summed E-state index contributed by atoms with van der Waals surface area (Å²) in [5.74, 6) is -3.28. The average Bonchev–Trinajstić information content (AvgIpc) is 3.16. The Morgan fingerprint density at radius 1 is 1.25 bits per heavy atom. The first kappa shape index (κ1) is 21.2. The van der Waals surface area contributed by atoms with E-state index >= 15 is 0 Å². The molecule has 2 N–H and O–H groups in total. The molecule has 1 aliphatic heterocycles. The van der Waals surface area contributed by atoms with Gasteiger partial charge < -0.3 is 19.7 Å². The molecule has 0 spiro atoms. The van der Waals surface area contributed by atoms with Gasteiger partial charge in [0, 0.05) is 19.1 Å². The van der Waals surface area contributed by atoms with E-state index in [4.69, 9.17) is 9.47 Å². The van der Waals surface area contributed by atoms with Gasteiger partial charge in [0.15, 0.2) is 5.78 Å². The zero-order valence-corrected chi connectivity index (χ0v) is 17.0. The highest BCUT2D eigenvalue weighted by molar-refractivity contribution is 5.91. The number of aliphatic carboxylic acids is 1. The van der Waals surface area contributed by atoms with Crippen molar-refractivity contribution in [1.29, 1.82) is 0 Å². The van der Waals surface area contributed by atoms with Gasteiger partial charge >= 0.3 is 11.9 Å². The number of ether oxygens (including phenoxy) is 2. The number of aliphatic hydroxyl groups excluding tert-OH is 1. The molecule has 7 atom stereocenters. The summed E-state index contributed by atoms with van der Waals surface area (Å²) >= 11 is 0. The maximum Gasteiger partial charge on any atom is 0.309 e. The summed E-state index contributed by atoms with van der Waals surface area (Å²) in [6.45, 7) is 5.15. The van der Waals surface area contributed by atoms with Crippen LogP contribution in [0.15, 0.2) is 0 Å². The number of carboxylic acid groups (broad SMARTS) is 1. The Labute approximate surface area is 165 Å². The second-order valence-corrected chi connectivity index (χ2v) is 9.37. The van der Waals surface area contributed by atoms with Gasteiger partial charge in [-0.2, -0.15) is 0 Å². The third-order valence-electron chi connectivity index (χ3n) is 7.85. The van der Waals surface area contributed by atoms with Crippen molar-refractivity contribution in [3.63, 3.8) is 0 Å². The van der Waals surface area contributed by atoms with Crippen molar-refractivity contribution < 1.29 is 34.1 Å². The van der Waals surface area contributed by atoms with E-state index in [0.29, 0.717) is 38.4 Å². The molecule has 7 heteroatoms. The summed E-state index contributed by atoms with van der Waals surface area (Å²) in [5, 5.41) is 20.4. The molecule has 0 aromatic rings. The fourth-order valence-corrected chi connectivity index (χ4v) is 6.27. The number of carbonyl (C=O) groups is 3. The molecule has 2 saturated carbocycles. The van der Waals surface area contributed by atoms with E-state index in [-0.39, 0.29) is 12.2 Å². The lowest BCUT2D eigenvalue weighted by atomic mass is 9.43. The highest BCUT2D eigenvalue weighted by atomic mass is 16.5. The van der Waals surface area contributed by atoms with Crippen molar-refractivity contribution in [3.05, 3.63) is 0 Å². The maximum atomic E-state index is 13.2. The number of hydrogen-bond donors (Lipinski definition) is 2. The van der Waals surface area contributed by atoms with Crippen molar-refractivity contribution in [3.8, 4) is 0 Å². The number of Topliss-reactive ketones (excluding diaryl/α,β-unsaturated/α-hetero) is 1. The van der Waals surface area contributed by atoms with Crippen molar-refractivity contribution in [2.45, 2.75) is 58.5 Å². The number of fused-ring (bicyclic) bond motifs is 1. The minimum Gasteiger partial charge on any atom is -0.481 e. The summed E-state index contributed by atoms with van der Waals surface area (Å²) in [6.07, 6.45) is 1.93. The second kappa shape index (κ2) is 7.75. The van der Waals surface area contributed by atoms with Gasteiger partial charge in [-0.1, -0.05) is 13.8 Å². The molecule has 158 valence electrons. The SMILES string of the molecule is COC(=O)[C@@H]1C[C@H](O)C(=O)C2[C@@](C)(CCC3CCOC3)[C@H](C(=O)O)CC[C@]21C. The number of ketones is 1. The molecule has 2 aliphatic carbocycles. The van der Waals surface area contributed by atoms with Gasteiger partial charge in [-0.3, -0.25) is 14.4 Å². The number of esters is 1. The fourth-order valence-electron chi connectivity index (χ4n) is 6.27. The molecule has 28 heavy (non-hydrogen) atoms. The van der Waals surface area contributed by atoms with E-state index in [9.17, 15) is 24.6 Å². The maximum absolute atomic E-state index is 13.2. The molecular weight excluding hydrogens is 364 g/mol. The lowest BCUT2D eigenvalue weighted by Crippen LogP contribution is -2.63. The second-order valence-electron chi connectivity index (χ2n) is 9.37.